The lowest BCUT2D eigenvalue weighted by molar-refractivity contribution is 0.422. The van der Waals surface area contributed by atoms with Gasteiger partial charge in [-0.1, -0.05) is 19.3 Å². The normalized spacial score (nSPS) is 17.6. The van der Waals surface area contributed by atoms with Crippen LogP contribution in [0.5, 0.6) is 0 Å². The Morgan fingerprint density at radius 1 is 1.38 bits per heavy atom. The molecule has 1 aromatic heterocycles. The topological polar surface area (TPSA) is 47.8 Å². The quantitative estimate of drug-likeness (QED) is 0.798. The average molecular weight is 239 g/mol. The Morgan fingerprint density at radius 3 is 2.69 bits per heavy atom. The Hall–Kier alpha value is -0.840. The summed E-state index contributed by atoms with van der Waals surface area (Å²) in [7, 11) is 1.82. The zero-order chi connectivity index (χ0) is 11.5. The first-order chi connectivity index (χ1) is 7.72. The Bertz CT molecular complexity index is 424. The van der Waals surface area contributed by atoms with Crippen molar-refractivity contribution in [3.63, 3.8) is 0 Å². The summed E-state index contributed by atoms with van der Waals surface area (Å²) < 4.78 is 1.68. The van der Waals surface area contributed by atoms with Gasteiger partial charge in [0.2, 0.25) is 0 Å². The van der Waals surface area contributed by atoms with Crippen molar-refractivity contribution in [1.29, 1.82) is 0 Å². The van der Waals surface area contributed by atoms with E-state index in [0.717, 1.165) is 12.8 Å². The van der Waals surface area contributed by atoms with Crippen molar-refractivity contribution in [3.05, 3.63) is 21.9 Å². The van der Waals surface area contributed by atoms with Crippen LogP contribution in [0, 0.1) is 0 Å². The molecule has 1 fully saturated rings. The third-order valence-electron chi connectivity index (χ3n) is 3.21. The van der Waals surface area contributed by atoms with E-state index in [9.17, 15) is 4.79 Å². The third-order valence-corrected chi connectivity index (χ3v) is 3.50. The lowest BCUT2D eigenvalue weighted by Gasteiger charge is -2.20. The molecule has 1 aromatic rings. The Kier molecular flexibility index (Phi) is 3.63. The SMILES string of the molecule is Cn1nc(C2CCCCC2)c(=O)nc1CS. The fourth-order valence-corrected chi connectivity index (χ4v) is 2.55. The minimum Gasteiger partial charge on any atom is -0.265 e. The predicted molar refractivity (Wildman–Crippen MR) is 65.8 cm³/mol. The molecule has 0 bridgehead atoms. The molecule has 5 heteroatoms. The van der Waals surface area contributed by atoms with Crippen LogP contribution in [0.25, 0.3) is 0 Å². The molecule has 1 heterocycles. The zero-order valence-corrected chi connectivity index (χ0v) is 10.4. The molecule has 16 heavy (non-hydrogen) atoms. The summed E-state index contributed by atoms with van der Waals surface area (Å²) in [6, 6.07) is 0. The second-order valence-corrected chi connectivity index (χ2v) is 4.65. The van der Waals surface area contributed by atoms with Crippen molar-refractivity contribution in [1.82, 2.24) is 14.8 Å². The van der Waals surface area contributed by atoms with Crippen molar-refractivity contribution in [2.24, 2.45) is 7.05 Å². The smallest absolute Gasteiger partial charge is 0.265 e. The first kappa shape index (κ1) is 11.6. The summed E-state index contributed by atoms with van der Waals surface area (Å²) in [6.07, 6.45) is 5.82. The molecule has 0 saturated heterocycles. The van der Waals surface area contributed by atoms with Gasteiger partial charge in [0.05, 0.1) is 5.75 Å². The first-order valence-electron chi connectivity index (χ1n) is 5.77. The van der Waals surface area contributed by atoms with Gasteiger partial charge in [0.25, 0.3) is 5.56 Å². The van der Waals surface area contributed by atoms with Crippen LogP contribution in [-0.2, 0) is 12.8 Å². The van der Waals surface area contributed by atoms with E-state index in [0.29, 0.717) is 23.2 Å². The van der Waals surface area contributed by atoms with Gasteiger partial charge in [0.15, 0.2) is 0 Å². The van der Waals surface area contributed by atoms with Gasteiger partial charge < -0.3 is 0 Å². The molecule has 0 aliphatic heterocycles. The predicted octanol–water partition coefficient (Wildman–Crippen LogP) is 1.65. The number of aryl methyl sites for hydroxylation is 1. The number of rotatable bonds is 2. The van der Waals surface area contributed by atoms with Crippen LogP contribution in [0.4, 0.5) is 0 Å². The number of thiol groups is 1. The fraction of sp³-hybridized carbons (Fsp3) is 0.727. The van der Waals surface area contributed by atoms with Crippen molar-refractivity contribution in [2.75, 3.05) is 0 Å². The Balaban J connectivity index is 2.33. The third kappa shape index (κ3) is 2.29. The highest BCUT2D eigenvalue weighted by Gasteiger charge is 2.21. The van der Waals surface area contributed by atoms with E-state index >= 15 is 0 Å². The molecule has 0 aromatic carbocycles. The van der Waals surface area contributed by atoms with Gasteiger partial charge in [-0.15, -0.1) is 0 Å². The maximum Gasteiger partial charge on any atom is 0.295 e. The van der Waals surface area contributed by atoms with Crippen LogP contribution in [0.15, 0.2) is 4.79 Å². The summed E-state index contributed by atoms with van der Waals surface area (Å²) in [5.74, 6) is 1.39. The van der Waals surface area contributed by atoms with E-state index < -0.39 is 0 Å². The summed E-state index contributed by atoms with van der Waals surface area (Å²) in [6.45, 7) is 0. The first-order valence-corrected chi connectivity index (χ1v) is 6.40. The van der Waals surface area contributed by atoms with Gasteiger partial charge in [0.1, 0.15) is 11.5 Å². The van der Waals surface area contributed by atoms with Gasteiger partial charge in [0, 0.05) is 13.0 Å². The zero-order valence-electron chi connectivity index (χ0n) is 9.52. The maximum atomic E-state index is 11.8. The monoisotopic (exact) mass is 239 g/mol. The number of hydrogen-bond donors (Lipinski definition) is 1. The summed E-state index contributed by atoms with van der Waals surface area (Å²) in [5, 5.41) is 4.36. The van der Waals surface area contributed by atoms with E-state index in [1.165, 1.54) is 19.3 Å². The minimum absolute atomic E-state index is 0.158. The van der Waals surface area contributed by atoms with Crippen LogP contribution in [0.1, 0.15) is 49.5 Å². The summed E-state index contributed by atoms with van der Waals surface area (Å²) in [5.41, 5.74) is 0.488. The number of nitrogens with zero attached hydrogens (tertiary/aromatic N) is 3. The van der Waals surface area contributed by atoms with Crippen molar-refractivity contribution >= 4 is 12.6 Å². The standard InChI is InChI=1S/C11H17N3OS/c1-14-9(7-16)12-11(15)10(13-14)8-5-3-2-4-6-8/h8,16H,2-7H2,1H3. The van der Waals surface area contributed by atoms with Crippen LogP contribution in [0.2, 0.25) is 0 Å². The van der Waals surface area contributed by atoms with Crippen LogP contribution < -0.4 is 5.56 Å². The lowest BCUT2D eigenvalue weighted by Crippen LogP contribution is -2.26. The van der Waals surface area contributed by atoms with Gasteiger partial charge >= 0.3 is 0 Å². The minimum atomic E-state index is -0.158. The summed E-state index contributed by atoms with van der Waals surface area (Å²) >= 11 is 4.13. The second-order valence-electron chi connectivity index (χ2n) is 4.34. The fourth-order valence-electron chi connectivity index (χ4n) is 2.28. The van der Waals surface area contributed by atoms with E-state index in [-0.39, 0.29) is 5.56 Å². The molecule has 0 radical (unpaired) electrons. The molecule has 0 unspecified atom stereocenters. The second kappa shape index (κ2) is 4.99. The highest BCUT2D eigenvalue weighted by Crippen LogP contribution is 2.29. The van der Waals surface area contributed by atoms with Gasteiger partial charge in [-0.05, 0) is 12.8 Å². The molecule has 0 N–H and O–H groups in total. The van der Waals surface area contributed by atoms with E-state index in [1.54, 1.807) is 4.68 Å². The van der Waals surface area contributed by atoms with E-state index in [1.807, 2.05) is 7.05 Å². The molecule has 0 atom stereocenters. The summed E-state index contributed by atoms with van der Waals surface area (Å²) in [4.78, 5) is 15.9. The van der Waals surface area contributed by atoms with Crippen molar-refractivity contribution < 1.29 is 0 Å². The van der Waals surface area contributed by atoms with Gasteiger partial charge in [-0.3, -0.25) is 9.48 Å². The average Bonchev–Trinajstić information content (AvgIpc) is 2.32. The number of hydrogen-bond acceptors (Lipinski definition) is 4. The molecule has 88 valence electrons. The van der Waals surface area contributed by atoms with Crippen LogP contribution in [0.3, 0.4) is 0 Å². The lowest BCUT2D eigenvalue weighted by atomic mass is 9.87. The largest absolute Gasteiger partial charge is 0.295 e. The van der Waals surface area contributed by atoms with Crippen LogP contribution in [-0.4, -0.2) is 14.8 Å². The van der Waals surface area contributed by atoms with E-state index in [4.69, 9.17) is 0 Å². The molecule has 0 amide bonds. The maximum absolute atomic E-state index is 11.8. The van der Waals surface area contributed by atoms with Crippen LogP contribution >= 0.6 is 12.6 Å². The molecule has 2 rings (SSSR count). The van der Waals surface area contributed by atoms with Crippen molar-refractivity contribution in [2.45, 2.75) is 43.8 Å². The van der Waals surface area contributed by atoms with Crippen molar-refractivity contribution in [3.8, 4) is 0 Å². The van der Waals surface area contributed by atoms with Gasteiger partial charge in [-0.25, -0.2) is 0 Å². The molecule has 4 nitrogen and oxygen atoms in total. The van der Waals surface area contributed by atoms with E-state index in [2.05, 4.69) is 22.7 Å². The highest BCUT2D eigenvalue weighted by molar-refractivity contribution is 7.79. The molecule has 1 aliphatic rings. The molecular weight excluding hydrogens is 222 g/mol. The number of aromatic nitrogens is 3. The Labute approximate surface area is 100 Å². The molecular formula is C11H17N3OS. The van der Waals surface area contributed by atoms with Gasteiger partial charge in [-0.2, -0.15) is 22.7 Å². The molecule has 1 saturated carbocycles. The molecule has 1 aliphatic carbocycles. The highest BCUT2D eigenvalue weighted by atomic mass is 32.1. The Morgan fingerprint density at radius 2 is 2.06 bits per heavy atom. The molecule has 0 spiro atoms.